The van der Waals surface area contributed by atoms with Gasteiger partial charge in [-0.3, -0.25) is 14.9 Å². The van der Waals surface area contributed by atoms with Crippen molar-refractivity contribution in [3.63, 3.8) is 0 Å². The predicted octanol–water partition coefficient (Wildman–Crippen LogP) is 2.44. The minimum absolute atomic E-state index is 0.132. The number of primary amides is 1. The molecule has 1 aromatic carbocycles. The number of carbonyl (C=O) groups is 2. The molecule has 28 heavy (non-hydrogen) atoms. The first kappa shape index (κ1) is 18.2. The van der Waals surface area contributed by atoms with Crippen molar-refractivity contribution in [2.75, 3.05) is 11.9 Å². The minimum Gasteiger partial charge on any atom is -0.368 e. The molecule has 0 radical (unpaired) electrons. The summed E-state index contributed by atoms with van der Waals surface area (Å²) in [6.45, 7) is 2.36. The van der Waals surface area contributed by atoms with Gasteiger partial charge in [0, 0.05) is 18.1 Å². The van der Waals surface area contributed by atoms with Gasteiger partial charge in [-0.25, -0.2) is 9.78 Å². The molecule has 0 aliphatic carbocycles. The van der Waals surface area contributed by atoms with E-state index in [2.05, 4.69) is 15.3 Å². The summed E-state index contributed by atoms with van der Waals surface area (Å²) < 4.78 is 0. The third-order valence-electron chi connectivity index (χ3n) is 4.89. The molecule has 3 heterocycles. The number of amides is 3. The molecule has 0 spiro atoms. The number of nitrogens with two attached hydrogens (primary N) is 1. The standard InChI is InChI=1S/C19H19N5O3S/c1-10-15(12-4-5-13-11(9-12)6-7-21-17(13)26)28-18(22-10)23-19(27)24-8-2-3-14(24)16(20)25/h4-7,9,14H,2-3,8H2,1H3,(H2,20,25)(H,21,26)(H,22,23,27)/t14-/m0/s1. The lowest BCUT2D eigenvalue weighted by atomic mass is 10.1. The van der Waals surface area contributed by atoms with Crippen molar-refractivity contribution in [1.82, 2.24) is 14.9 Å². The van der Waals surface area contributed by atoms with E-state index in [0.717, 1.165) is 27.9 Å². The fourth-order valence-electron chi connectivity index (χ4n) is 3.52. The van der Waals surface area contributed by atoms with Crippen LogP contribution in [0.3, 0.4) is 0 Å². The average molecular weight is 397 g/mol. The van der Waals surface area contributed by atoms with Gasteiger partial charge in [-0.2, -0.15) is 0 Å². The van der Waals surface area contributed by atoms with Crippen molar-refractivity contribution in [2.24, 2.45) is 5.73 Å². The fraction of sp³-hybridized carbons (Fsp3) is 0.263. The van der Waals surface area contributed by atoms with E-state index < -0.39 is 11.9 Å². The largest absolute Gasteiger partial charge is 0.368 e. The van der Waals surface area contributed by atoms with Crippen LogP contribution in [0, 0.1) is 6.92 Å². The Morgan fingerprint density at radius 3 is 2.96 bits per heavy atom. The molecule has 4 N–H and O–H groups in total. The van der Waals surface area contributed by atoms with Crippen molar-refractivity contribution in [3.8, 4) is 10.4 Å². The maximum absolute atomic E-state index is 12.5. The van der Waals surface area contributed by atoms with Crippen LogP contribution in [0.15, 0.2) is 35.3 Å². The lowest BCUT2D eigenvalue weighted by Gasteiger charge is -2.21. The Morgan fingerprint density at radius 1 is 1.36 bits per heavy atom. The highest BCUT2D eigenvalue weighted by molar-refractivity contribution is 7.19. The van der Waals surface area contributed by atoms with Crippen LogP contribution in [0.1, 0.15) is 18.5 Å². The van der Waals surface area contributed by atoms with Gasteiger partial charge in [0.05, 0.1) is 10.6 Å². The summed E-state index contributed by atoms with van der Waals surface area (Å²) >= 11 is 1.35. The molecule has 8 nitrogen and oxygen atoms in total. The van der Waals surface area contributed by atoms with Crippen LogP contribution >= 0.6 is 11.3 Å². The van der Waals surface area contributed by atoms with Gasteiger partial charge in [0.25, 0.3) is 5.56 Å². The number of thiazole rings is 1. The molecule has 4 rings (SSSR count). The first-order valence-electron chi connectivity index (χ1n) is 8.90. The molecular formula is C19H19N5O3S. The molecule has 0 bridgehead atoms. The minimum atomic E-state index is -0.570. The first-order valence-corrected chi connectivity index (χ1v) is 9.72. The third-order valence-corrected chi connectivity index (χ3v) is 6.01. The van der Waals surface area contributed by atoms with E-state index in [1.165, 1.54) is 16.2 Å². The zero-order valence-corrected chi connectivity index (χ0v) is 16.0. The van der Waals surface area contributed by atoms with Gasteiger partial charge < -0.3 is 15.6 Å². The van der Waals surface area contributed by atoms with E-state index in [1.54, 1.807) is 12.3 Å². The van der Waals surface area contributed by atoms with Crippen LogP contribution in [-0.2, 0) is 4.79 Å². The van der Waals surface area contributed by atoms with Crippen LogP contribution < -0.4 is 16.6 Å². The van der Waals surface area contributed by atoms with Gasteiger partial charge in [-0.05, 0) is 48.9 Å². The zero-order valence-electron chi connectivity index (χ0n) is 15.2. The lowest BCUT2D eigenvalue weighted by molar-refractivity contribution is -0.121. The van der Waals surface area contributed by atoms with Crippen LogP contribution in [0.4, 0.5) is 9.93 Å². The Balaban J connectivity index is 1.60. The number of urea groups is 1. The first-order chi connectivity index (χ1) is 13.4. The number of nitrogens with one attached hydrogen (secondary N) is 2. The van der Waals surface area contributed by atoms with Gasteiger partial charge in [0.1, 0.15) is 6.04 Å². The molecular weight excluding hydrogens is 378 g/mol. The van der Waals surface area contributed by atoms with Crippen LogP contribution in [0.25, 0.3) is 21.2 Å². The normalized spacial score (nSPS) is 16.5. The highest BCUT2D eigenvalue weighted by Crippen LogP contribution is 2.34. The van der Waals surface area contributed by atoms with E-state index >= 15 is 0 Å². The van der Waals surface area contributed by atoms with Crippen LogP contribution in [0.2, 0.25) is 0 Å². The summed E-state index contributed by atoms with van der Waals surface area (Å²) in [7, 11) is 0. The summed E-state index contributed by atoms with van der Waals surface area (Å²) in [5, 5.41) is 4.69. The number of hydrogen-bond donors (Lipinski definition) is 3. The number of aromatic nitrogens is 2. The quantitative estimate of drug-likeness (QED) is 0.628. The molecule has 1 fully saturated rings. The topological polar surface area (TPSA) is 121 Å². The molecule has 1 aliphatic rings. The molecule has 0 unspecified atom stereocenters. The fourth-order valence-corrected chi connectivity index (χ4v) is 4.47. The third kappa shape index (κ3) is 3.24. The van der Waals surface area contributed by atoms with Crippen molar-refractivity contribution < 1.29 is 9.59 Å². The number of H-pyrrole nitrogens is 1. The Morgan fingerprint density at radius 2 is 2.18 bits per heavy atom. The smallest absolute Gasteiger partial charge is 0.324 e. The molecule has 0 saturated carbocycles. The maximum atomic E-state index is 12.5. The van der Waals surface area contributed by atoms with E-state index in [1.807, 2.05) is 25.1 Å². The molecule has 2 aromatic heterocycles. The monoisotopic (exact) mass is 397 g/mol. The van der Waals surface area contributed by atoms with Gasteiger partial charge in [-0.15, -0.1) is 0 Å². The average Bonchev–Trinajstić information content (AvgIpc) is 3.28. The highest BCUT2D eigenvalue weighted by Gasteiger charge is 2.33. The highest BCUT2D eigenvalue weighted by atomic mass is 32.1. The van der Waals surface area contributed by atoms with E-state index in [0.29, 0.717) is 23.5 Å². The maximum Gasteiger partial charge on any atom is 0.324 e. The molecule has 9 heteroatoms. The number of nitrogens with zero attached hydrogens (tertiary/aromatic N) is 2. The Kier molecular flexibility index (Phi) is 4.60. The summed E-state index contributed by atoms with van der Waals surface area (Å²) in [5.41, 5.74) is 6.95. The number of rotatable bonds is 3. The molecule has 3 amide bonds. The Hall–Kier alpha value is -3.20. The Labute approximate surface area is 164 Å². The van der Waals surface area contributed by atoms with Crippen molar-refractivity contribution >= 4 is 39.2 Å². The lowest BCUT2D eigenvalue weighted by Crippen LogP contribution is -2.45. The second kappa shape index (κ2) is 7.08. The predicted molar refractivity (Wildman–Crippen MR) is 108 cm³/mol. The number of pyridine rings is 1. The number of carbonyl (C=O) groups excluding carboxylic acids is 2. The van der Waals surface area contributed by atoms with E-state index in [-0.39, 0.29) is 11.6 Å². The SMILES string of the molecule is Cc1nc(NC(=O)N2CCC[C@H]2C(N)=O)sc1-c1ccc2c(=O)[nH]ccc2c1. The van der Waals surface area contributed by atoms with Gasteiger partial charge in [0.15, 0.2) is 5.13 Å². The number of hydrogen-bond acceptors (Lipinski definition) is 5. The molecule has 1 atom stereocenters. The van der Waals surface area contributed by atoms with Crippen molar-refractivity contribution in [3.05, 3.63) is 46.5 Å². The van der Waals surface area contributed by atoms with Crippen LogP contribution in [-0.4, -0.2) is 39.4 Å². The number of anilines is 1. The molecule has 1 aliphatic heterocycles. The number of benzene rings is 1. The number of fused-ring (bicyclic) bond motifs is 1. The zero-order chi connectivity index (χ0) is 19.8. The number of aromatic amines is 1. The van der Waals surface area contributed by atoms with E-state index in [4.69, 9.17) is 5.73 Å². The van der Waals surface area contributed by atoms with E-state index in [9.17, 15) is 14.4 Å². The summed E-state index contributed by atoms with van der Waals surface area (Å²) in [6.07, 6.45) is 2.95. The summed E-state index contributed by atoms with van der Waals surface area (Å²) in [6, 6.07) is 6.48. The Bertz CT molecular complexity index is 1140. The van der Waals surface area contributed by atoms with Crippen LogP contribution in [0.5, 0.6) is 0 Å². The second-order valence-electron chi connectivity index (χ2n) is 6.73. The van der Waals surface area contributed by atoms with Gasteiger partial charge in [0.2, 0.25) is 5.91 Å². The second-order valence-corrected chi connectivity index (χ2v) is 7.73. The molecule has 3 aromatic rings. The number of likely N-dealkylation sites (tertiary alicyclic amines) is 1. The molecule has 144 valence electrons. The van der Waals surface area contributed by atoms with Gasteiger partial charge in [-0.1, -0.05) is 17.4 Å². The van der Waals surface area contributed by atoms with Crippen molar-refractivity contribution in [1.29, 1.82) is 0 Å². The van der Waals surface area contributed by atoms with Gasteiger partial charge >= 0.3 is 6.03 Å². The summed E-state index contributed by atoms with van der Waals surface area (Å²) in [5.74, 6) is -0.491. The summed E-state index contributed by atoms with van der Waals surface area (Å²) in [4.78, 5) is 45.4. The number of aryl methyl sites for hydroxylation is 1. The van der Waals surface area contributed by atoms with Crippen molar-refractivity contribution in [2.45, 2.75) is 25.8 Å². The molecule has 1 saturated heterocycles.